The third-order valence-corrected chi connectivity index (χ3v) is 3.85. The molecule has 2 aliphatic heterocycles. The van der Waals surface area contributed by atoms with Crippen molar-refractivity contribution in [3.05, 3.63) is 11.6 Å². The van der Waals surface area contributed by atoms with Gasteiger partial charge in [-0.05, 0) is 44.6 Å². The van der Waals surface area contributed by atoms with Gasteiger partial charge in [0.15, 0.2) is 0 Å². The molecule has 0 bridgehead atoms. The molecular formula is C14H22O3. The Morgan fingerprint density at radius 2 is 2.35 bits per heavy atom. The first-order valence-electron chi connectivity index (χ1n) is 6.63. The van der Waals surface area contributed by atoms with Gasteiger partial charge < -0.3 is 9.47 Å². The number of carbonyl (C=O) groups is 1. The van der Waals surface area contributed by atoms with Crippen LogP contribution in [0.25, 0.3) is 0 Å². The van der Waals surface area contributed by atoms with E-state index in [0.29, 0.717) is 6.42 Å². The Labute approximate surface area is 103 Å². The highest BCUT2D eigenvalue weighted by molar-refractivity contribution is 5.71. The molecule has 0 aliphatic carbocycles. The van der Waals surface area contributed by atoms with Gasteiger partial charge >= 0.3 is 5.97 Å². The number of esters is 1. The van der Waals surface area contributed by atoms with Gasteiger partial charge in [-0.15, -0.1) is 0 Å². The number of rotatable bonds is 4. The highest BCUT2D eigenvalue weighted by Gasteiger charge is 2.31. The molecule has 0 amide bonds. The maximum Gasteiger partial charge on any atom is 0.306 e. The van der Waals surface area contributed by atoms with E-state index in [-0.39, 0.29) is 17.7 Å². The number of ether oxygens (including phenoxy) is 2. The van der Waals surface area contributed by atoms with E-state index < -0.39 is 0 Å². The van der Waals surface area contributed by atoms with Crippen molar-refractivity contribution in [1.82, 2.24) is 0 Å². The summed E-state index contributed by atoms with van der Waals surface area (Å²) in [6.45, 7) is 5.08. The van der Waals surface area contributed by atoms with Crippen molar-refractivity contribution in [1.29, 1.82) is 0 Å². The van der Waals surface area contributed by atoms with Crippen LogP contribution in [-0.2, 0) is 14.3 Å². The molecule has 0 spiro atoms. The van der Waals surface area contributed by atoms with Crippen LogP contribution in [0.3, 0.4) is 0 Å². The Kier molecular flexibility index (Phi) is 3.87. The summed E-state index contributed by atoms with van der Waals surface area (Å²) in [5, 5.41) is 0. The molecule has 0 aromatic rings. The van der Waals surface area contributed by atoms with Gasteiger partial charge in [0, 0.05) is 6.42 Å². The Hall–Kier alpha value is -0.830. The molecular weight excluding hydrogens is 216 g/mol. The molecule has 2 atom stereocenters. The van der Waals surface area contributed by atoms with Gasteiger partial charge in [0.1, 0.15) is 6.10 Å². The number of carbonyl (C=O) groups excluding carboxylic acids is 1. The molecule has 0 saturated carbocycles. The van der Waals surface area contributed by atoms with Gasteiger partial charge in [-0.3, -0.25) is 4.79 Å². The zero-order valence-corrected chi connectivity index (χ0v) is 10.8. The number of hydrogen-bond donors (Lipinski definition) is 0. The monoisotopic (exact) mass is 238 g/mol. The zero-order chi connectivity index (χ0) is 12.3. The average Bonchev–Trinajstić information content (AvgIpc) is 2.74. The lowest BCUT2D eigenvalue weighted by Gasteiger charge is -2.33. The molecule has 1 saturated heterocycles. The third kappa shape index (κ3) is 3.32. The van der Waals surface area contributed by atoms with E-state index in [2.05, 4.69) is 19.9 Å². The van der Waals surface area contributed by atoms with Crippen molar-refractivity contribution in [2.75, 3.05) is 6.61 Å². The van der Waals surface area contributed by atoms with E-state index in [1.165, 1.54) is 5.57 Å². The van der Waals surface area contributed by atoms with E-state index in [0.717, 1.165) is 38.7 Å². The van der Waals surface area contributed by atoms with Gasteiger partial charge in [0.2, 0.25) is 0 Å². The van der Waals surface area contributed by atoms with Crippen LogP contribution < -0.4 is 0 Å². The summed E-state index contributed by atoms with van der Waals surface area (Å²) in [5.41, 5.74) is 1.34. The van der Waals surface area contributed by atoms with E-state index in [4.69, 9.17) is 9.47 Å². The summed E-state index contributed by atoms with van der Waals surface area (Å²) < 4.78 is 11.2. The largest absolute Gasteiger partial charge is 0.462 e. The molecule has 2 aliphatic rings. The Morgan fingerprint density at radius 3 is 2.88 bits per heavy atom. The summed E-state index contributed by atoms with van der Waals surface area (Å²) in [6.07, 6.45) is 7.86. The van der Waals surface area contributed by atoms with E-state index in [1.54, 1.807) is 0 Å². The Bertz CT molecular complexity index is 321. The normalized spacial score (nSPS) is 33.4. The molecule has 96 valence electrons. The molecule has 2 rings (SSSR count). The maximum absolute atomic E-state index is 11.0. The van der Waals surface area contributed by atoms with Crippen LogP contribution in [-0.4, -0.2) is 24.3 Å². The molecule has 3 heteroatoms. The number of cyclic esters (lactones) is 1. The van der Waals surface area contributed by atoms with Crippen molar-refractivity contribution in [2.24, 2.45) is 0 Å². The first-order valence-corrected chi connectivity index (χ1v) is 6.63. The molecule has 0 aromatic heterocycles. The molecule has 0 N–H and O–H groups in total. The average molecular weight is 238 g/mol. The van der Waals surface area contributed by atoms with Crippen molar-refractivity contribution >= 4 is 5.97 Å². The smallest absolute Gasteiger partial charge is 0.306 e. The molecule has 1 fully saturated rings. The van der Waals surface area contributed by atoms with E-state index >= 15 is 0 Å². The molecule has 17 heavy (non-hydrogen) atoms. The second kappa shape index (κ2) is 5.21. The highest BCUT2D eigenvalue weighted by atomic mass is 16.5. The Balaban J connectivity index is 1.79. The van der Waals surface area contributed by atoms with Gasteiger partial charge in [0.25, 0.3) is 0 Å². The molecule has 0 aromatic carbocycles. The van der Waals surface area contributed by atoms with Crippen LogP contribution in [0.2, 0.25) is 0 Å². The summed E-state index contributed by atoms with van der Waals surface area (Å²) in [6, 6.07) is 0. The number of hydrogen-bond acceptors (Lipinski definition) is 3. The van der Waals surface area contributed by atoms with Crippen molar-refractivity contribution < 1.29 is 14.3 Å². The predicted molar refractivity (Wildman–Crippen MR) is 65.7 cm³/mol. The summed E-state index contributed by atoms with van der Waals surface area (Å²) >= 11 is 0. The lowest BCUT2D eigenvalue weighted by molar-refractivity contribution is -0.142. The zero-order valence-electron chi connectivity index (χ0n) is 10.8. The SMILES string of the molecule is CCC1=CC[C@@](C)(CC[C@H]2CCC(=O)O2)OC1. The highest BCUT2D eigenvalue weighted by Crippen LogP contribution is 2.31. The fourth-order valence-corrected chi connectivity index (χ4v) is 2.42. The second-order valence-corrected chi connectivity index (χ2v) is 5.35. The fourth-order valence-electron chi connectivity index (χ4n) is 2.42. The van der Waals surface area contributed by atoms with Gasteiger partial charge in [-0.25, -0.2) is 0 Å². The van der Waals surface area contributed by atoms with Crippen LogP contribution in [0, 0.1) is 0 Å². The quantitative estimate of drug-likeness (QED) is 0.558. The standard InChI is InChI=1S/C14H22O3/c1-3-11-6-8-14(2,16-10-11)9-7-12-4-5-13(15)17-12/h6,12H,3-5,7-10H2,1-2H3/t12-,14+/m1/s1. The topological polar surface area (TPSA) is 35.5 Å². The maximum atomic E-state index is 11.0. The second-order valence-electron chi connectivity index (χ2n) is 5.35. The minimum Gasteiger partial charge on any atom is -0.462 e. The summed E-state index contributed by atoms with van der Waals surface area (Å²) in [4.78, 5) is 11.0. The molecule has 2 heterocycles. The van der Waals surface area contributed by atoms with Crippen LogP contribution in [0.1, 0.15) is 52.4 Å². The minimum atomic E-state index is -0.0618. The molecule has 0 unspecified atom stereocenters. The Morgan fingerprint density at radius 1 is 1.53 bits per heavy atom. The van der Waals surface area contributed by atoms with Gasteiger partial charge in [0.05, 0.1) is 12.2 Å². The van der Waals surface area contributed by atoms with Gasteiger partial charge in [-0.2, -0.15) is 0 Å². The summed E-state index contributed by atoms with van der Waals surface area (Å²) in [5.74, 6) is -0.0436. The van der Waals surface area contributed by atoms with Crippen molar-refractivity contribution in [3.63, 3.8) is 0 Å². The van der Waals surface area contributed by atoms with Crippen LogP contribution in [0.15, 0.2) is 11.6 Å². The van der Waals surface area contributed by atoms with Crippen LogP contribution >= 0.6 is 0 Å². The van der Waals surface area contributed by atoms with E-state index in [9.17, 15) is 4.79 Å². The minimum absolute atomic E-state index is 0.0436. The lowest BCUT2D eigenvalue weighted by Crippen LogP contribution is -2.33. The van der Waals surface area contributed by atoms with Crippen LogP contribution in [0.5, 0.6) is 0 Å². The van der Waals surface area contributed by atoms with Crippen LogP contribution in [0.4, 0.5) is 0 Å². The molecule has 3 nitrogen and oxygen atoms in total. The van der Waals surface area contributed by atoms with Crippen molar-refractivity contribution in [2.45, 2.75) is 64.1 Å². The lowest BCUT2D eigenvalue weighted by atomic mass is 9.90. The summed E-state index contributed by atoms with van der Waals surface area (Å²) in [7, 11) is 0. The first kappa shape index (κ1) is 12.6. The third-order valence-electron chi connectivity index (χ3n) is 3.85. The predicted octanol–water partition coefficient (Wildman–Crippen LogP) is 2.99. The fraction of sp³-hybridized carbons (Fsp3) is 0.786. The van der Waals surface area contributed by atoms with Gasteiger partial charge in [-0.1, -0.05) is 13.0 Å². The molecule has 0 radical (unpaired) electrons. The van der Waals surface area contributed by atoms with E-state index in [1.807, 2.05) is 0 Å². The first-order chi connectivity index (χ1) is 8.11. The van der Waals surface area contributed by atoms with Crippen molar-refractivity contribution in [3.8, 4) is 0 Å².